The molecule has 1 saturated heterocycles. The summed E-state index contributed by atoms with van der Waals surface area (Å²) in [7, 11) is 0. The zero-order chi connectivity index (χ0) is 14.5. The van der Waals surface area contributed by atoms with Crippen LogP contribution in [0.4, 0.5) is 0 Å². The molecule has 2 nitrogen and oxygen atoms in total. The fourth-order valence-electron chi connectivity index (χ4n) is 4.92. The monoisotopic (exact) mass is 317 g/mol. The third-order valence-corrected chi connectivity index (χ3v) is 6.08. The molecule has 0 radical (unpaired) electrons. The molecule has 0 atom stereocenters. The zero-order valence-corrected chi connectivity index (χ0v) is 15.0. The number of halogens is 1. The van der Waals surface area contributed by atoms with Crippen molar-refractivity contribution in [3.63, 3.8) is 0 Å². The standard InChI is InChI=1S/C18H35NO.ClH/c1-3-6-17(7-4-2)8-10-18(11-9-17)12-14-19(16-18)13-5-15-20;/h20H,3-16H2,1-2H3;1H. The molecule has 0 bridgehead atoms. The van der Waals surface area contributed by atoms with E-state index in [9.17, 15) is 0 Å². The molecule has 21 heavy (non-hydrogen) atoms. The van der Waals surface area contributed by atoms with Crippen molar-refractivity contribution in [1.29, 1.82) is 0 Å². The third kappa shape index (κ3) is 4.84. The van der Waals surface area contributed by atoms with Gasteiger partial charge in [0.05, 0.1) is 0 Å². The van der Waals surface area contributed by atoms with Crippen LogP contribution in [-0.2, 0) is 0 Å². The van der Waals surface area contributed by atoms with Gasteiger partial charge in [-0.05, 0) is 68.7 Å². The molecule has 1 aliphatic heterocycles. The molecule has 1 saturated carbocycles. The number of aliphatic hydroxyl groups is 1. The number of hydrogen-bond donors (Lipinski definition) is 1. The zero-order valence-electron chi connectivity index (χ0n) is 14.2. The average molecular weight is 318 g/mol. The fraction of sp³-hybridized carbons (Fsp3) is 1.00. The molecule has 2 aliphatic rings. The van der Waals surface area contributed by atoms with Crippen LogP contribution in [0, 0.1) is 10.8 Å². The summed E-state index contributed by atoms with van der Waals surface area (Å²) >= 11 is 0. The van der Waals surface area contributed by atoms with Gasteiger partial charge in [-0.2, -0.15) is 0 Å². The van der Waals surface area contributed by atoms with Gasteiger partial charge in [0.25, 0.3) is 0 Å². The molecule has 126 valence electrons. The predicted octanol–water partition coefficient (Wildman–Crippen LogP) is 4.64. The lowest BCUT2D eigenvalue weighted by Gasteiger charge is -2.45. The van der Waals surface area contributed by atoms with Gasteiger partial charge in [0.2, 0.25) is 0 Å². The highest BCUT2D eigenvalue weighted by Crippen LogP contribution is 2.53. The number of nitrogens with zero attached hydrogens (tertiary/aromatic N) is 1. The second-order valence-electron chi connectivity index (χ2n) is 7.60. The van der Waals surface area contributed by atoms with E-state index in [0.29, 0.717) is 17.4 Å². The van der Waals surface area contributed by atoms with Gasteiger partial charge >= 0.3 is 0 Å². The maximum atomic E-state index is 8.99. The van der Waals surface area contributed by atoms with Gasteiger partial charge in [0.1, 0.15) is 0 Å². The highest BCUT2D eigenvalue weighted by molar-refractivity contribution is 5.85. The Hall–Kier alpha value is 0.210. The summed E-state index contributed by atoms with van der Waals surface area (Å²) in [5.74, 6) is 0. The first-order valence-corrected chi connectivity index (χ1v) is 9.01. The topological polar surface area (TPSA) is 23.5 Å². The van der Waals surface area contributed by atoms with Gasteiger partial charge in [-0.25, -0.2) is 0 Å². The maximum absolute atomic E-state index is 8.99. The van der Waals surface area contributed by atoms with Crippen molar-refractivity contribution in [2.75, 3.05) is 26.2 Å². The van der Waals surface area contributed by atoms with Crippen LogP contribution in [0.15, 0.2) is 0 Å². The number of likely N-dealkylation sites (tertiary alicyclic amines) is 1. The van der Waals surface area contributed by atoms with E-state index in [4.69, 9.17) is 5.11 Å². The van der Waals surface area contributed by atoms with Crippen molar-refractivity contribution in [2.45, 2.75) is 78.1 Å². The van der Waals surface area contributed by atoms with Crippen LogP contribution >= 0.6 is 12.4 Å². The van der Waals surface area contributed by atoms with Crippen molar-refractivity contribution in [3.8, 4) is 0 Å². The van der Waals surface area contributed by atoms with Gasteiger partial charge in [-0.3, -0.25) is 0 Å². The minimum Gasteiger partial charge on any atom is -0.396 e. The van der Waals surface area contributed by atoms with E-state index < -0.39 is 0 Å². The minimum absolute atomic E-state index is 0. The third-order valence-electron chi connectivity index (χ3n) is 6.08. The van der Waals surface area contributed by atoms with Crippen molar-refractivity contribution in [2.24, 2.45) is 10.8 Å². The van der Waals surface area contributed by atoms with Crippen molar-refractivity contribution in [3.05, 3.63) is 0 Å². The Kier molecular flexibility index (Phi) is 8.02. The molecule has 2 rings (SSSR count). The van der Waals surface area contributed by atoms with E-state index in [0.717, 1.165) is 13.0 Å². The van der Waals surface area contributed by atoms with Crippen LogP contribution in [-0.4, -0.2) is 36.2 Å². The minimum atomic E-state index is 0. The molecule has 1 heterocycles. The lowest BCUT2D eigenvalue weighted by molar-refractivity contribution is 0.0642. The Morgan fingerprint density at radius 1 is 0.952 bits per heavy atom. The summed E-state index contributed by atoms with van der Waals surface area (Å²) < 4.78 is 0. The molecule has 0 aromatic heterocycles. The number of hydrogen-bond acceptors (Lipinski definition) is 2. The summed E-state index contributed by atoms with van der Waals surface area (Å²) in [4.78, 5) is 2.60. The highest BCUT2D eigenvalue weighted by Gasteiger charge is 2.44. The Morgan fingerprint density at radius 3 is 2.10 bits per heavy atom. The van der Waals surface area contributed by atoms with Crippen LogP contribution < -0.4 is 0 Å². The quantitative estimate of drug-likeness (QED) is 0.739. The van der Waals surface area contributed by atoms with E-state index >= 15 is 0 Å². The molecule has 0 aromatic carbocycles. The molecule has 1 aliphatic carbocycles. The van der Waals surface area contributed by atoms with E-state index in [-0.39, 0.29) is 12.4 Å². The van der Waals surface area contributed by atoms with Gasteiger partial charge in [-0.1, -0.05) is 26.7 Å². The van der Waals surface area contributed by atoms with E-state index in [1.807, 2.05) is 0 Å². The largest absolute Gasteiger partial charge is 0.396 e. The Morgan fingerprint density at radius 2 is 1.57 bits per heavy atom. The summed E-state index contributed by atoms with van der Waals surface area (Å²) in [6.45, 7) is 8.74. The van der Waals surface area contributed by atoms with Crippen molar-refractivity contribution >= 4 is 12.4 Å². The van der Waals surface area contributed by atoms with Gasteiger partial charge < -0.3 is 10.0 Å². The van der Waals surface area contributed by atoms with Crippen molar-refractivity contribution < 1.29 is 5.11 Å². The first-order valence-electron chi connectivity index (χ1n) is 9.01. The highest BCUT2D eigenvalue weighted by atomic mass is 35.5. The van der Waals surface area contributed by atoms with Gasteiger partial charge in [0, 0.05) is 19.7 Å². The molecule has 2 fully saturated rings. The molecule has 1 spiro atoms. The van der Waals surface area contributed by atoms with Crippen LogP contribution in [0.25, 0.3) is 0 Å². The van der Waals surface area contributed by atoms with Crippen LogP contribution in [0.2, 0.25) is 0 Å². The lowest BCUT2D eigenvalue weighted by atomic mass is 9.60. The summed E-state index contributed by atoms with van der Waals surface area (Å²) in [6, 6.07) is 0. The first-order chi connectivity index (χ1) is 9.67. The average Bonchev–Trinajstić information content (AvgIpc) is 2.85. The van der Waals surface area contributed by atoms with Gasteiger partial charge in [-0.15, -0.1) is 12.4 Å². The molecule has 0 aromatic rings. The summed E-state index contributed by atoms with van der Waals surface area (Å²) in [5.41, 5.74) is 1.33. The van der Waals surface area contributed by atoms with Crippen LogP contribution in [0.5, 0.6) is 0 Å². The van der Waals surface area contributed by atoms with Gasteiger partial charge in [0.15, 0.2) is 0 Å². The second kappa shape index (κ2) is 8.74. The van der Waals surface area contributed by atoms with Crippen LogP contribution in [0.3, 0.4) is 0 Å². The molecule has 0 amide bonds. The molecule has 1 N–H and O–H groups in total. The molecule has 3 heteroatoms. The summed E-state index contributed by atoms with van der Waals surface area (Å²) in [6.07, 6.45) is 13.8. The lowest BCUT2D eigenvalue weighted by Crippen LogP contribution is -2.36. The Labute approximate surface area is 138 Å². The molecular weight excluding hydrogens is 282 g/mol. The SMILES string of the molecule is CCCC1(CCC)CCC2(CCN(CCCO)C2)CC1.Cl. The summed E-state index contributed by atoms with van der Waals surface area (Å²) in [5, 5.41) is 8.99. The fourth-order valence-corrected chi connectivity index (χ4v) is 4.92. The number of rotatable bonds is 7. The maximum Gasteiger partial charge on any atom is 0.0443 e. The Bertz CT molecular complexity index is 279. The molecular formula is C18H36ClNO. The van der Waals surface area contributed by atoms with E-state index in [1.54, 1.807) is 0 Å². The molecule has 0 unspecified atom stereocenters. The first kappa shape index (κ1) is 19.3. The van der Waals surface area contributed by atoms with Crippen molar-refractivity contribution in [1.82, 2.24) is 4.90 Å². The van der Waals surface area contributed by atoms with Crippen LogP contribution in [0.1, 0.15) is 78.1 Å². The van der Waals surface area contributed by atoms with E-state index in [1.165, 1.54) is 70.9 Å². The normalized spacial score (nSPS) is 24.1. The van der Waals surface area contributed by atoms with E-state index in [2.05, 4.69) is 18.7 Å². The predicted molar refractivity (Wildman–Crippen MR) is 93.2 cm³/mol. The number of aliphatic hydroxyl groups excluding tert-OH is 1. The second-order valence-corrected chi connectivity index (χ2v) is 7.60. The smallest absolute Gasteiger partial charge is 0.0443 e. The Balaban J connectivity index is 0.00000220.